The smallest absolute Gasteiger partial charge is 0.344 e. The zero-order valence-electron chi connectivity index (χ0n) is 11.1. The molecule has 0 aromatic heterocycles. The van der Waals surface area contributed by atoms with Crippen molar-refractivity contribution >= 4 is 29.2 Å². The Bertz CT molecular complexity index is 788. The van der Waals surface area contributed by atoms with Crippen molar-refractivity contribution in [3.63, 3.8) is 0 Å². The molecule has 5 heteroatoms. The number of cyclic esters (lactones) is 1. The molecular weight excluding hydrogens is 310 g/mol. The predicted molar refractivity (Wildman–Crippen MR) is 79.9 cm³/mol. The van der Waals surface area contributed by atoms with Crippen LogP contribution in [-0.4, -0.2) is 5.97 Å². The van der Waals surface area contributed by atoms with E-state index in [4.69, 9.17) is 16.3 Å². The Labute approximate surface area is 130 Å². The van der Waals surface area contributed by atoms with E-state index in [1.165, 1.54) is 12.1 Å². The first-order valence-corrected chi connectivity index (χ1v) is 6.78. The van der Waals surface area contributed by atoms with Gasteiger partial charge >= 0.3 is 5.97 Å². The lowest BCUT2D eigenvalue weighted by atomic mass is 10.0. The number of allylic oxidation sites excluding steroid dienone is 1. The van der Waals surface area contributed by atoms with Gasteiger partial charge in [0.15, 0.2) is 0 Å². The number of hydrogen-bond donors (Lipinski definition) is 0. The summed E-state index contributed by atoms with van der Waals surface area (Å²) < 4.78 is 32.5. The Morgan fingerprint density at radius 1 is 1.00 bits per heavy atom. The van der Waals surface area contributed by atoms with Crippen molar-refractivity contribution in [2.75, 3.05) is 0 Å². The van der Waals surface area contributed by atoms with Gasteiger partial charge in [-0.15, -0.1) is 0 Å². The summed E-state index contributed by atoms with van der Waals surface area (Å²) in [4.78, 5) is 11.8. The van der Waals surface area contributed by atoms with E-state index in [1.807, 2.05) is 0 Å². The van der Waals surface area contributed by atoms with Crippen molar-refractivity contribution in [1.82, 2.24) is 0 Å². The molecule has 0 atom stereocenters. The molecule has 2 nitrogen and oxygen atoms in total. The van der Waals surface area contributed by atoms with E-state index in [-0.39, 0.29) is 16.9 Å². The Kier molecular flexibility index (Phi) is 3.77. The van der Waals surface area contributed by atoms with Crippen LogP contribution in [0.3, 0.4) is 0 Å². The maximum atomic E-state index is 13.8. The molecule has 22 heavy (non-hydrogen) atoms. The van der Waals surface area contributed by atoms with Gasteiger partial charge < -0.3 is 4.74 Å². The zero-order chi connectivity index (χ0) is 15.7. The summed E-state index contributed by atoms with van der Waals surface area (Å²) in [5, 5.41) is 0.579. The second-order valence-electron chi connectivity index (χ2n) is 4.64. The average Bonchev–Trinajstić information content (AvgIpc) is 2.82. The molecule has 0 N–H and O–H groups in total. The third kappa shape index (κ3) is 2.78. The average molecular weight is 319 g/mol. The standard InChI is InChI=1S/C17H9ClF2O2/c18-11-6-4-10(5-7-11)8-12-9-13(17(21)22-12)16-14(19)2-1-3-15(16)20/h1-9H. The fourth-order valence-electron chi connectivity index (χ4n) is 2.12. The topological polar surface area (TPSA) is 26.3 Å². The quantitative estimate of drug-likeness (QED) is 0.756. The zero-order valence-corrected chi connectivity index (χ0v) is 11.9. The summed E-state index contributed by atoms with van der Waals surface area (Å²) in [6.45, 7) is 0. The number of carbonyl (C=O) groups excluding carboxylic acids is 1. The summed E-state index contributed by atoms with van der Waals surface area (Å²) >= 11 is 5.79. The molecule has 0 bridgehead atoms. The van der Waals surface area contributed by atoms with E-state index in [9.17, 15) is 13.6 Å². The van der Waals surface area contributed by atoms with Crippen LogP contribution in [0.1, 0.15) is 11.1 Å². The van der Waals surface area contributed by atoms with Crippen molar-refractivity contribution < 1.29 is 18.3 Å². The third-order valence-corrected chi connectivity index (χ3v) is 3.38. The van der Waals surface area contributed by atoms with Crippen LogP contribution in [0.2, 0.25) is 5.02 Å². The number of esters is 1. The van der Waals surface area contributed by atoms with Gasteiger partial charge in [-0.3, -0.25) is 0 Å². The molecule has 3 rings (SSSR count). The third-order valence-electron chi connectivity index (χ3n) is 3.13. The second-order valence-corrected chi connectivity index (χ2v) is 5.08. The Hall–Kier alpha value is -2.46. The fraction of sp³-hybridized carbons (Fsp3) is 0. The number of rotatable bonds is 2. The SMILES string of the molecule is O=C1OC(=Cc2ccc(Cl)cc2)C=C1c1c(F)cccc1F. The molecule has 0 amide bonds. The van der Waals surface area contributed by atoms with Crippen LogP contribution < -0.4 is 0 Å². The second kappa shape index (κ2) is 5.73. The Morgan fingerprint density at radius 3 is 2.27 bits per heavy atom. The molecular formula is C17H9ClF2O2. The van der Waals surface area contributed by atoms with Gasteiger partial charge in [0.2, 0.25) is 0 Å². The highest BCUT2D eigenvalue weighted by Gasteiger charge is 2.27. The summed E-state index contributed by atoms with van der Waals surface area (Å²) in [5.74, 6) is -2.19. The van der Waals surface area contributed by atoms with Crippen LogP contribution in [0, 0.1) is 11.6 Å². The molecule has 0 spiro atoms. The fourth-order valence-corrected chi connectivity index (χ4v) is 2.24. The molecule has 0 saturated carbocycles. The van der Waals surface area contributed by atoms with Gasteiger partial charge in [0.1, 0.15) is 17.4 Å². The first-order chi connectivity index (χ1) is 10.5. The van der Waals surface area contributed by atoms with Crippen molar-refractivity contribution in [3.05, 3.63) is 82.1 Å². The van der Waals surface area contributed by atoms with Gasteiger partial charge in [-0.05, 0) is 42.0 Å². The normalized spacial score (nSPS) is 15.9. The minimum atomic E-state index is -0.809. The molecule has 0 unspecified atom stereocenters. The molecule has 0 saturated heterocycles. The molecule has 0 aliphatic carbocycles. The highest BCUT2D eigenvalue weighted by molar-refractivity contribution is 6.30. The monoisotopic (exact) mass is 318 g/mol. The minimum absolute atomic E-state index is 0.143. The van der Waals surface area contributed by atoms with Gasteiger partial charge in [0.25, 0.3) is 0 Å². The molecule has 2 aromatic rings. The number of halogens is 3. The van der Waals surface area contributed by atoms with E-state index in [0.717, 1.165) is 17.7 Å². The molecule has 1 aliphatic rings. The summed E-state index contributed by atoms with van der Waals surface area (Å²) in [5.41, 5.74) is 0.224. The highest BCUT2D eigenvalue weighted by Crippen LogP contribution is 2.30. The number of carbonyl (C=O) groups is 1. The number of benzene rings is 2. The predicted octanol–water partition coefficient (Wildman–Crippen LogP) is 4.60. The van der Waals surface area contributed by atoms with Crippen molar-refractivity contribution in [2.45, 2.75) is 0 Å². The van der Waals surface area contributed by atoms with Crippen LogP contribution in [0.25, 0.3) is 11.6 Å². The summed E-state index contributed by atoms with van der Waals surface area (Å²) in [6, 6.07) is 10.3. The molecule has 0 fully saturated rings. The van der Waals surface area contributed by atoms with E-state index in [0.29, 0.717) is 5.02 Å². The van der Waals surface area contributed by atoms with Crippen LogP contribution in [0.15, 0.2) is 54.3 Å². The van der Waals surface area contributed by atoms with Crippen LogP contribution in [-0.2, 0) is 9.53 Å². The van der Waals surface area contributed by atoms with E-state index < -0.39 is 17.6 Å². The largest absolute Gasteiger partial charge is 0.423 e. The lowest BCUT2D eigenvalue weighted by Gasteiger charge is -2.02. The lowest BCUT2D eigenvalue weighted by molar-refractivity contribution is -0.131. The molecule has 0 radical (unpaired) electrons. The minimum Gasteiger partial charge on any atom is -0.423 e. The Balaban J connectivity index is 2.00. The Morgan fingerprint density at radius 2 is 1.64 bits per heavy atom. The van der Waals surface area contributed by atoms with Crippen LogP contribution in [0.5, 0.6) is 0 Å². The lowest BCUT2D eigenvalue weighted by Crippen LogP contribution is -2.02. The molecule has 110 valence electrons. The maximum Gasteiger partial charge on any atom is 0.344 e. The van der Waals surface area contributed by atoms with Gasteiger partial charge in [0, 0.05) is 5.02 Å². The molecule has 1 heterocycles. The maximum absolute atomic E-state index is 13.8. The van der Waals surface area contributed by atoms with E-state index >= 15 is 0 Å². The highest BCUT2D eigenvalue weighted by atomic mass is 35.5. The van der Waals surface area contributed by atoms with Gasteiger partial charge in [-0.25, -0.2) is 13.6 Å². The van der Waals surface area contributed by atoms with Crippen LogP contribution >= 0.6 is 11.6 Å². The van der Waals surface area contributed by atoms with Crippen LogP contribution in [0.4, 0.5) is 8.78 Å². The molecule has 2 aromatic carbocycles. The van der Waals surface area contributed by atoms with Gasteiger partial charge in [0.05, 0.1) is 11.1 Å². The van der Waals surface area contributed by atoms with E-state index in [1.54, 1.807) is 30.3 Å². The summed E-state index contributed by atoms with van der Waals surface area (Å²) in [7, 11) is 0. The molecule has 1 aliphatic heterocycles. The number of hydrogen-bond acceptors (Lipinski definition) is 2. The van der Waals surface area contributed by atoms with Crippen molar-refractivity contribution in [2.24, 2.45) is 0 Å². The van der Waals surface area contributed by atoms with Gasteiger partial charge in [-0.2, -0.15) is 0 Å². The first kappa shape index (κ1) is 14.5. The van der Waals surface area contributed by atoms with E-state index in [2.05, 4.69) is 0 Å². The summed E-state index contributed by atoms with van der Waals surface area (Å²) in [6.07, 6.45) is 2.90. The van der Waals surface area contributed by atoms with Crippen molar-refractivity contribution in [1.29, 1.82) is 0 Å². The van der Waals surface area contributed by atoms with Crippen molar-refractivity contribution in [3.8, 4) is 0 Å². The van der Waals surface area contributed by atoms with Gasteiger partial charge in [-0.1, -0.05) is 29.8 Å². The number of ether oxygens (including phenoxy) is 1. The first-order valence-electron chi connectivity index (χ1n) is 6.40.